The van der Waals surface area contributed by atoms with E-state index < -0.39 is 0 Å². The van der Waals surface area contributed by atoms with Crippen molar-refractivity contribution in [3.05, 3.63) is 18.3 Å². The van der Waals surface area contributed by atoms with E-state index in [2.05, 4.69) is 14.8 Å². The summed E-state index contributed by atoms with van der Waals surface area (Å²) in [5.41, 5.74) is 6.82. The average molecular weight is 274 g/mol. The molecule has 0 amide bonds. The van der Waals surface area contributed by atoms with Crippen LogP contribution in [0.1, 0.15) is 32.1 Å². The van der Waals surface area contributed by atoms with Crippen molar-refractivity contribution in [1.29, 1.82) is 0 Å². The van der Waals surface area contributed by atoms with E-state index in [9.17, 15) is 0 Å². The van der Waals surface area contributed by atoms with Crippen molar-refractivity contribution in [2.45, 2.75) is 32.1 Å². The molecule has 0 atom stereocenters. The normalized spacial score (nSPS) is 22.1. The number of rotatable bonds is 3. The monoisotopic (exact) mass is 274 g/mol. The van der Waals surface area contributed by atoms with E-state index in [1.165, 1.54) is 38.6 Å². The van der Waals surface area contributed by atoms with Crippen molar-refractivity contribution in [3.8, 4) is 0 Å². The molecular weight excluding hydrogens is 248 g/mol. The summed E-state index contributed by atoms with van der Waals surface area (Å²) in [5.74, 6) is 1.90. The van der Waals surface area contributed by atoms with Gasteiger partial charge in [-0.3, -0.25) is 4.90 Å². The molecule has 1 saturated heterocycles. The van der Waals surface area contributed by atoms with Crippen molar-refractivity contribution >= 4 is 11.5 Å². The molecule has 20 heavy (non-hydrogen) atoms. The molecule has 1 aliphatic heterocycles. The maximum Gasteiger partial charge on any atom is 0.151 e. The molecule has 1 saturated carbocycles. The molecule has 0 spiro atoms. The summed E-state index contributed by atoms with van der Waals surface area (Å²) in [7, 11) is 0. The van der Waals surface area contributed by atoms with Crippen LogP contribution in [0.2, 0.25) is 0 Å². The quantitative estimate of drug-likeness (QED) is 0.919. The number of hydrogen-bond acceptors (Lipinski definition) is 4. The van der Waals surface area contributed by atoms with Crippen LogP contribution in [0.4, 0.5) is 11.5 Å². The Morgan fingerprint density at radius 1 is 1.10 bits per heavy atom. The molecule has 1 aromatic heterocycles. The van der Waals surface area contributed by atoms with E-state index in [1.807, 2.05) is 18.3 Å². The van der Waals surface area contributed by atoms with Gasteiger partial charge in [0, 0.05) is 38.9 Å². The van der Waals surface area contributed by atoms with Crippen LogP contribution in [-0.2, 0) is 0 Å². The lowest BCUT2D eigenvalue weighted by Gasteiger charge is -2.38. The van der Waals surface area contributed by atoms with Crippen LogP contribution in [0.15, 0.2) is 18.3 Å². The molecule has 2 N–H and O–H groups in total. The molecule has 0 unspecified atom stereocenters. The Balaban J connectivity index is 1.50. The minimum absolute atomic E-state index is 0.799. The fraction of sp³-hybridized carbons (Fsp3) is 0.688. The van der Waals surface area contributed by atoms with Gasteiger partial charge in [0.15, 0.2) is 5.82 Å². The van der Waals surface area contributed by atoms with Crippen molar-refractivity contribution in [1.82, 2.24) is 9.88 Å². The van der Waals surface area contributed by atoms with Gasteiger partial charge in [0.05, 0.1) is 5.69 Å². The van der Waals surface area contributed by atoms with Gasteiger partial charge in [-0.15, -0.1) is 0 Å². The molecule has 2 fully saturated rings. The highest BCUT2D eigenvalue weighted by Gasteiger charge is 2.22. The number of pyridine rings is 1. The number of nitrogens with two attached hydrogens (primary N) is 1. The van der Waals surface area contributed by atoms with E-state index in [1.54, 1.807) is 0 Å². The summed E-state index contributed by atoms with van der Waals surface area (Å²) < 4.78 is 0. The van der Waals surface area contributed by atoms with Gasteiger partial charge in [-0.25, -0.2) is 4.98 Å². The standard InChI is InChI=1S/C16H26N4/c17-15-7-4-8-18-16(15)20-11-9-19(10-12-20)13-14-5-2-1-3-6-14/h4,7-8,14H,1-3,5-6,9-13,17H2. The Morgan fingerprint density at radius 2 is 1.85 bits per heavy atom. The summed E-state index contributed by atoms with van der Waals surface area (Å²) in [6, 6.07) is 3.84. The SMILES string of the molecule is Nc1cccnc1N1CCN(CC2CCCCC2)CC1. The molecule has 2 aliphatic rings. The van der Waals surface area contributed by atoms with Gasteiger partial charge in [-0.1, -0.05) is 19.3 Å². The van der Waals surface area contributed by atoms with E-state index >= 15 is 0 Å². The topological polar surface area (TPSA) is 45.4 Å². The van der Waals surface area contributed by atoms with Gasteiger partial charge in [0.25, 0.3) is 0 Å². The molecule has 4 heteroatoms. The second kappa shape index (κ2) is 6.44. The van der Waals surface area contributed by atoms with Crippen LogP contribution >= 0.6 is 0 Å². The minimum Gasteiger partial charge on any atom is -0.396 e. The highest BCUT2D eigenvalue weighted by atomic mass is 15.3. The molecular formula is C16H26N4. The van der Waals surface area contributed by atoms with Crippen LogP contribution in [-0.4, -0.2) is 42.6 Å². The highest BCUT2D eigenvalue weighted by Crippen LogP contribution is 2.25. The van der Waals surface area contributed by atoms with Crippen LogP contribution in [0.25, 0.3) is 0 Å². The van der Waals surface area contributed by atoms with Gasteiger partial charge < -0.3 is 10.6 Å². The molecule has 4 nitrogen and oxygen atoms in total. The fourth-order valence-electron chi connectivity index (χ4n) is 3.55. The maximum atomic E-state index is 6.02. The minimum atomic E-state index is 0.799. The largest absolute Gasteiger partial charge is 0.396 e. The zero-order chi connectivity index (χ0) is 13.8. The lowest BCUT2D eigenvalue weighted by molar-refractivity contribution is 0.192. The molecule has 0 aromatic carbocycles. The zero-order valence-corrected chi connectivity index (χ0v) is 12.3. The number of anilines is 2. The fourth-order valence-corrected chi connectivity index (χ4v) is 3.55. The van der Waals surface area contributed by atoms with Crippen LogP contribution < -0.4 is 10.6 Å². The van der Waals surface area contributed by atoms with E-state index in [0.29, 0.717) is 0 Å². The predicted molar refractivity (Wildman–Crippen MR) is 83.9 cm³/mol. The summed E-state index contributed by atoms with van der Waals surface area (Å²) in [4.78, 5) is 9.38. The Kier molecular flexibility index (Phi) is 4.41. The smallest absolute Gasteiger partial charge is 0.151 e. The first-order chi connectivity index (χ1) is 9.83. The molecule has 1 aliphatic carbocycles. The van der Waals surface area contributed by atoms with Crippen molar-refractivity contribution in [3.63, 3.8) is 0 Å². The Hall–Kier alpha value is -1.29. The van der Waals surface area contributed by atoms with Gasteiger partial charge in [0.2, 0.25) is 0 Å². The summed E-state index contributed by atoms with van der Waals surface area (Å²) in [5, 5.41) is 0. The van der Waals surface area contributed by atoms with E-state index in [-0.39, 0.29) is 0 Å². The third-order valence-corrected chi connectivity index (χ3v) is 4.73. The average Bonchev–Trinajstić information content (AvgIpc) is 2.50. The summed E-state index contributed by atoms with van der Waals surface area (Å²) in [6.45, 7) is 5.69. The number of piperazine rings is 1. The first-order valence-corrected chi connectivity index (χ1v) is 8.01. The van der Waals surface area contributed by atoms with Crippen molar-refractivity contribution in [2.75, 3.05) is 43.4 Å². The predicted octanol–water partition coefficient (Wildman–Crippen LogP) is 2.37. The molecule has 2 heterocycles. The first-order valence-electron chi connectivity index (χ1n) is 8.01. The van der Waals surface area contributed by atoms with E-state index in [0.717, 1.165) is 43.6 Å². The van der Waals surface area contributed by atoms with Gasteiger partial charge >= 0.3 is 0 Å². The third-order valence-electron chi connectivity index (χ3n) is 4.73. The van der Waals surface area contributed by atoms with Gasteiger partial charge in [-0.2, -0.15) is 0 Å². The molecule has 0 radical (unpaired) electrons. The Morgan fingerprint density at radius 3 is 2.55 bits per heavy atom. The Labute approximate surface area is 122 Å². The van der Waals surface area contributed by atoms with Crippen molar-refractivity contribution < 1.29 is 0 Å². The summed E-state index contributed by atoms with van der Waals surface area (Å²) >= 11 is 0. The second-order valence-electron chi connectivity index (χ2n) is 6.21. The van der Waals surface area contributed by atoms with Gasteiger partial charge in [-0.05, 0) is 30.9 Å². The lowest BCUT2D eigenvalue weighted by atomic mass is 9.89. The maximum absolute atomic E-state index is 6.02. The lowest BCUT2D eigenvalue weighted by Crippen LogP contribution is -2.48. The summed E-state index contributed by atoms with van der Waals surface area (Å²) in [6.07, 6.45) is 9.04. The number of aromatic nitrogens is 1. The van der Waals surface area contributed by atoms with Crippen LogP contribution in [0.3, 0.4) is 0 Å². The molecule has 1 aromatic rings. The number of nitrogens with zero attached hydrogens (tertiary/aromatic N) is 3. The second-order valence-corrected chi connectivity index (χ2v) is 6.21. The molecule has 110 valence electrons. The zero-order valence-electron chi connectivity index (χ0n) is 12.3. The molecule has 0 bridgehead atoms. The van der Waals surface area contributed by atoms with Crippen LogP contribution in [0.5, 0.6) is 0 Å². The first kappa shape index (κ1) is 13.7. The van der Waals surface area contributed by atoms with Crippen LogP contribution in [0, 0.1) is 5.92 Å². The Bertz CT molecular complexity index is 420. The third kappa shape index (κ3) is 3.23. The number of nitrogen functional groups attached to an aromatic ring is 1. The molecule has 3 rings (SSSR count). The van der Waals surface area contributed by atoms with E-state index in [4.69, 9.17) is 5.73 Å². The highest BCUT2D eigenvalue weighted by molar-refractivity contribution is 5.62. The van der Waals surface area contributed by atoms with Gasteiger partial charge in [0.1, 0.15) is 0 Å². The van der Waals surface area contributed by atoms with Crippen molar-refractivity contribution in [2.24, 2.45) is 5.92 Å². The number of hydrogen-bond donors (Lipinski definition) is 1.